The number of aryl methyl sites for hydroxylation is 1. The van der Waals surface area contributed by atoms with E-state index in [0.717, 1.165) is 11.1 Å². The zero-order valence-corrected chi connectivity index (χ0v) is 14.1. The summed E-state index contributed by atoms with van der Waals surface area (Å²) in [6.45, 7) is 2.70. The fourth-order valence-electron chi connectivity index (χ4n) is 2.65. The van der Waals surface area contributed by atoms with E-state index < -0.39 is 5.91 Å². The lowest BCUT2D eigenvalue weighted by Gasteiger charge is -2.02. The maximum Gasteiger partial charge on any atom is 0.245 e. The second-order valence-corrected chi connectivity index (χ2v) is 6.02. The fourth-order valence-corrected chi connectivity index (χ4v) is 2.65. The number of hydrogen-bond acceptors (Lipinski definition) is 3. The van der Waals surface area contributed by atoms with E-state index in [4.69, 9.17) is 5.73 Å². The Morgan fingerprint density at radius 1 is 1.16 bits per heavy atom. The number of aromatic nitrogens is 3. The van der Waals surface area contributed by atoms with E-state index in [0.29, 0.717) is 24.2 Å². The highest BCUT2D eigenvalue weighted by atomic mass is 16.1. The molecule has 0 bridgehead atoms. The first-order chi connectivity index (χ1) is 12.1. The van der Waals surface area contributed by atoms with Crippen LogP contribution in [0.1, 0.15) is 22.4 Å². The number of nitrogens with zero attached hydrogens (tertiary/aromatic N) is 3. The maximum atomic E-state index is 11.7. The standard InChI is InChI=1S/C20H20N4O/c1-15-6-5-9-17(10-15)13-24-14-19(22-23-24)12-18(20(21)25)11-16-7-3-2-4-8-16/h2-11,14H,12-13H2,1H3,(H2,21,25). The van der Waals surface area contributed by atoms with Gasteiger partial charge in [0.05, 0.1) is 12.2 Å². The van der Waals surface area contributed by atoms with Gasteiger partial charge in [-0.2, -0.15) is 0 Å². The van der Waals surface area contributed by atoms with Crippen molar-refractivity contribution in [3.8, 4) is 0 Å². The molecule has 0 aliphatic rings. The molecule has 25 heavy (non-hydrogen) atoms. The molecular weight excluding hydrogens is 312 g/mol. The lowest BCUT2D eigenvalue weighted by Crippen LogP contribution is -2.15. The molecule has 2 aromatic carbocycles. The number of hydrogen-bond donors (Lipinski definition) is 1. The molecule has 0 aliphatic heterocycles. The van der Waals surface area contributed by atoms with E-state index in [1.54, 1.807) is 10.8 Å². The van der Waals surface area contributed by atoms with Gasteiger partial charge in [0, 0.05) is 18.2 Å². The monoisotopic (exact) mass is 332 g/mol. The summed E-state index contributed by atoms with van der Waals surface area (Å²) >= 11 is 0. The van der Waals surface area contributed by atoms with Crippen molar-refractivity contribution in [3.63, 3.8) is 0 Å². The van der Waals surface area contributed by atoms with Crippen LogP contribution in [0.4, 0.5) is 0 Å². The van der Waals surface area contributed by atoms with Crippen molar-refractivity contribution in [1.82, 2.24) is 15.0 Å². The van der Waals surface area contributed by atoms with Gasteiger partial charge in [-0.25, -0.2) is 4.68 Å². The molecule has 2 N–H and O–H groups in total. The van der Waals surface area contributed by atoms with Gasteiger partial charge in [-0.1, -0.05) is 65.4 Å². The molecule has 0 saturated carbocycles. The second-order valence-electron chi connectivity index (χ2n) is 6.02. The summed E-state index contributed by atoms with van der Waals surface area (Å²) in [6, 6.07) is 17.9. The quantitative estimate of drug-likeness (QED) is 0.705. The molecule has 5 heteroatoms. The molecule has 5 nitrogen and oxygen atoms in total. The minimum atomic E-state index is -0.447. The van der Waals surface area contributed by atoms with Crippen LogP contribution in [-0.2, 0) is 17.8 Å². The number of nitrogens with two attached hydrogens (primary N) is 1. The van der Waals surface area contributed by atoms with Gasteiger partial charge >= 0.3 is 0 Å². The molecule has 3 rings (SSSR count). The Morgan fingerprint density at radius 2 is 1.96 bits per heavy atom. The largest absolute Gasteiger partial charge is 0.366 e. The minimum Gasteiger partial charge on any atom is -0.366 e. The third-order valence-electron chi connectivity index (χ3n) is 3.84. The van der Waals surface area contributed by atoms with Gasteiger partial charge in [0.2, 0.25) is 5.91 Å². The van der Waals surface area contributed by atoms with Crippen molar-refractivity contribution < 1.29 is 4.79 Å². The first-order valence-electron chi connectivity index (χ1n) is 8.10. The van der Waals surface area contributed by atoms with Crippen LogP contribution in [0, 0.1) is 6.92 Å². The third-order valence-corrected chi connectivity index (χ3v) is 3.84. The molecule has 1 heterocycles. The van der Waals surface area contributed by atoms with Gasteiger partial charge in [-0.3, -0.25) is 4.79 Å². The number of primary amides is 1. The Balaban J connectivity index is 1.75. The van der Waals surface area contributed by atoms with Gasteiger partial charge < -0.3 is 5.73 Å². The topological polar surface area (TPSA) is 73.8 Å². The van der Waals surface area contributed by atoms with Crippen LogP contribution in [0.2, 0.25) is 0 Å². The van der Waals surface area contributed by atoms with Crippen LogP contribution in [0.15, 0.2) is 66.4 Å². The van der Waals surface area contributed by atoms with Gasteiger partial charge in [-0.15, -0.1) is 5.10 Å². The summed E-state index contributed by atoms with van der Waals surface area (Å²) in [5.41, 5.74) is 10.0. The van der Waals surface area contributed by atoms with E-state index >= 15 is 0 Å². The van der Waals surface area contributed by atoms with E-state index in [9.17, 15) is 4.79 Å². The normalized spacial score (nSPS) is 11.5. The van der Waals surface area contributed by atoms with Gasteiger partial charge in [0.15, 0.2) is 0 Å². The Kier molecular flexibility index (Phi) is 5.04. The van der Waals surface area contributed by atoms with Crippen LogP contribution in [0.5, 0.6) is 0 Å². The van der Waals surface area contributed by atoms with E-state index in [2.05, 4.69) is 35.4 Å². The maximum absolute atomic E-state index is 11.7. The van der Waals surface area contributed by atoms with Crippen molar-refractivity contribution in [2.45, 2.75) is 19.9 Å². The zero-order valence-electron chi connectivity index (χ0n) is 14.1. The zero-order chi connectivity index (χ0) is 17.6. The van der Waals surface area contributed by atoms with Crippen LogP contribution < -0.4 is 5.73 Å². The summed E-state index contributed by atoms with van der Waals surface area (Å²) < 4.78 is 1.77. The van der Waals surface area contributed by atoms with Gasteiger partial charge in [-0.05, 0) is 24.1 Å². The number of amides is 1. The van der Waals surface area contributed by atoms with Crippen LogP contribution in [0.25, 0.3) is 6.08 Å². The molecule has 3 aromatic rings. The second kappa shape index (κ2) is 7.57. The third kappa shape index (κ3) is 4.64. The smallest absolute Gasteiger partial charge is 0.245 e. The summed E-state index contributed by atoms with van der Waals surface area (Å²) in [6.07, 6.45) is 4.00. The minimum absolute atomic E-state index is 0.359. The van der Waals surface area contributed by atoms with Crippen LogP contribution in [0.3, 0.4) is 0 Å². The fraction of sp³-hybridized carbons (Fsp3) is 0.150. The summed E-state index contributed by atoms with van der Waals surface area (Å²) in [7, 11) is 0. The molecular formula is C20H20N4O. The molecule has 0 atom stereocenters. The molecule has 1 amide bonds. The molecule has 0 saturated heterocycles. The molecule has 0 unspecified atom stereocenters. The highest BCUT2D eigenvalue weighted by molar-refractivity contribution is 5.96. The predicted molar refractivity (Wildman–Crippen MR) is 97.6 cm³/mol. The van der Waals surface area contributed by atoms with Gasteiger partial charge in [0.25, 0.3) is 0 Å². The molecule has 1 aromatic heterocycles. The Morgan fingerprint density at radius 3 is 2.68 bits per heavy atom. The number of benzene rings is 2. The lowest BCUT2D eigenvalue weighted by molar-refractivity contribution is -0.114. The highest BCUT2D eigenvalue weighted by Gasteiger charge is 2.10. The van der Waals surface area contributed by atoms with Crippen molar-refractivity contribution in [1.29, 1.82) is 0 Å². The summed E-state index contributed by atoms with van der Waals surface area (Å²) in [5, 5.41) is 8.31. The number of rotatable bonds is 6. The lowest BCUT2D eigenvalue weighted by atomic mass is 10.1. The first-order valence-corrected chi connectivity index (χ1v) is 8.10. The first kappa shape index (κ1) is 16.6. The average molecular weight is 332 g/mol. The number of carbonyl (C=O) groups is 1. The van der Waals surface area contributed by atoms with Crippen LogP contribution in [-0.4, -0.2) is 20.9 Å². The SMILES string of the molecule is Cc1cccc(Cn2cc(CC(=Cc3ccccc3)C(N)=O)nn2)c1. The van der Waals surface area contributed by atoms with E-state index in [1.807, 2.05) is 42.6 Å². The Hall–Kier alpha value is -3.21. The van der Waals surface area contributed by atoms with Gasteiger partial charge in [0.1, 0.15) is 0 Å². The number of carbonyl (C=O) groups excluding carboxylic acids is 1. The van der Waals surface area contributed by atoms with Crippen LogP contribution >= 0.6 is 0 Å². The van der Waals surface area contributed by atoms with E-state index in [1.165, 1.54) is 5.56 Å². The summed E-state index contributed by atoms with van der Waals surface area (Å²) in [5.74, 6) is -0.447. The molecule has 0 radical (unpaired) electrons. The molecule has 0 aliphatic carbocycles. The Bertz CT molecular complexity index is 897. The van der Waals surface area contributed by atoms with Crippen molar-refractivity contribution >= 4 is 12.0 Å². The summed E-state index contributed by atoms with van der Waals surface area (Å²) in [4.78, 5) is 11.7. The highest BCUT2D eigenvalue weighted by Crippen LogP contribution is 2.12. The average Bonchev–Trinajstić information content (AvgIpc) is 3.02. The van der Waals surface area contributed by atoms with E-state index in [-0.39, 0.29) is 0 Å². The van der Waals surface area contributed by atoms with Crippen molar-refractivity contribution in [2.75, 3.05) is 0 Å². The molecule has 126 valence electrons. The predicted octanol–water partition coefficient (Wildman–Crippen LogP) is 2.75. The molecule has 0 spiro atoms. The van der Waals surface area contributed by atoms with Crippen molar-refractivity contribution in [2.24, 2.45) is 5.73 Å². The Labute approximate surface area is 146 Å². The van der Waals surface area contributed by atoms with Crippen molar-refractivity contribution in [3.05, 3.63) is 88.8 Å². The molecule has 0 fully saturated rings.